The Kier molecular flexibility index (Phi) is 7.47. The van der Waals surface area contributed by atoms with Gasteiger partial charge in [0, 0.05) is 30.9 Å². The van der Waals surface area contributed by atoms with E-state index < -0.39 is 11.7 Å². The number of rotatable bonds is 4. The van der Waals surface area contributed by atoms with Gasteiger partial charge in [-0.05, 0) is 6.42 Å². The van der Waals surface area contributed by atoms with Gasteiger partial charge < -0.3 is 9.84 Å². The summed E-state index contributed by atoms with van der Waals surface area (Å²) in [7, 11) is 0. The summed E-state index contributed by atoms with van der Waals surface area (Å²) in [4.78, 5) is 10.1. The van der Waals surface area contributed by atoms with Gasteiger partial charge in [-0.2, -0.15) is 0 Å². The highest BCUT2D eigenvalue weighted by molar-refractivity contribution is 6.61. The predicted molar refractivity (Wildman–Crippen MR) is 50.3 cm³/mol. The van der Waals surface area contributed by atoms with Crippen molar-refractivity contribution in [1.29, 1.82) is 0 Å². The minimum absolute atomic E-state index is 0.372. The van der Waals surface area contributed by atoms with Crippen molar-refractivity contribution in [3.63, 3.8) is 0 Å². The smallest absolute Gasteiger partial charge is 0.406 e. The Morgan fingerprint density at radius 1 is 1.62 bits per heavy atom. The molecule has 0 aromatic carbocycles. The van der Waals surface area contributed by atoms with Crippen LogP contribution in [0.15, 0.2) is 0 Å². The molecule has 0 fully saturated rings. The van der Waals surface area contributed by atoms with E-state index >= 15 is 0 Å². The third kappa shape index (κ3) is 9.19. The zero-order chi connectivity index (χ0) is 10.1. The molecule has 0 bridgehead atoms. The number of hydrogen-bond acceptors (Lipinski definition) is 3. The molecule has 1 N–H and O–H groups in total. The van der Waals surface area contributed by atoms with E-state index in [1.807, 2.05) is 6.92 Å². The summed E-state index contributed by atoms with van der Waals surface area (Å²) >= 11 is 4.89. The van der Waals surface area contributed by atoms with E-state index in [-0.39, 0.29) is 0 Å². The summed E-state index contributed by atoms with van der Waals surface area (Å²) in [5.74, 6) is 5.81. The van der Waals surface area contributed by atoms with Crippen LogP contribution in [0.4, 0.5) is 4.79 Å². The molecule has 1 atom stereocenters. The summed E-state index contributed by atoms with van der Waals surface area (Å²) in [6.07, 6.45) is 1.49. The van der Waals surface area contributed by atoms with Gasteiger partial charge in [-0.15, -0.1) is 11.8 Å². The third-order valence-corrected chi connectivity index (χ3v) is 1.37. The van der Waals surface area contributed by atoms with Crippen LogP contribution in [-0.2, 0) is 4.74 Å². The van der Waals surface area contributed by atoms with Crippen LogP contribution < -0.4 is 0 Å². The zero-order valence-corrected chi connectivity index (χ0v) is 8.30. The van der Waals surface area contributed by atoms with Crippen molar-refractivity contribution in [3.8, 4) is 11.8 Å². The van der Waals surface area contributed by atoms with Gasteiger partial charge in [0.15, 0.2) is 0 Å². The molecule has 0 saturated carbocycles. The van der Waals surface area contributed by atoms with E-state index in [0.29, 0.717) is 19.3 Å². The number of carbonyl (C=O) groups is 1. The second kappa shape index (κ2) is 7.90. The molecule has 0 heterocycles. The first-order valence-corrected chi connectivity index (χ1v) is 4.54. The third-order valence-electron chi connectivity index (χ3n) is 1.28. The van der Waals surface area contributed by atoms with Crippen LogP contribution in [0.2, 0.25) is 0 Å². The van der Waals surface area contributed by atoms with Crippen LogP contribution in [0.5, 0.6) is 0 Å². The first-order chi connectivity index (χ1) is 6.16. The summed E-state index contributed by atoms with van der Waals surface area (Å²) < 4.78 is 4.29. The summed E-state index contributed by atoms with van der Waals surface area (Å²) in [6.45, 7) is 1.97. The highest BCUT2D eigenvalue weighted by Gasteiger charge is 2.06. The number of aliphatic hydroxyl groups excluding tert-OH is 1. The second-order valence-electron chi connectivity index (χ2n) is 2.41. The molecule has 13 heavy (non-hydrogen) atoms. The molecule has 0 rings (SSSR count). The highest BCUT2D eigenvalue weighted by Crippen LogP contribution is 2.03. The SMILES string of the molecule is CCC#CCCCC(O)OC(=O)Cl. The van der Waals surface area contributed by atoms with Crippen LogP contribution in [0.3, 0.4) is 0 Å². The fourth-order valence-electron chi connectivity index (χ4n) is 0.744. The fourth-order valence-corrected chi connectivity index (χ4v) is 0.847. The number of aliphatic hydroxyl groups is 1. The van der Waals surface area contributed by atoms with Gasteiger partial charge in [-0.3, -0.25) is 0 Å². The zero-order valence-electron chi connectivity index (χ0n) is 7.55. The first-order valence-electron chi connectivity index (χ1n) is 4.16. The molecule has 0 spiro atoms. The summed E-state index contributed by atoms with van der Waals surface area (Å²) in [5.41, 5.74) is -0.979. The minimum Gasteiger partial charge on any atom is -0.424 e. The number of halogens is 1. The number of ether oxygens (including phenoxy) is 1. The Bertz CT molecular complexity index is 205. The number of hydrogen-bond donors (Lipinski definition) is 1. The van der Waals surface area contributed by atoms with Crippen molar-refractivity contribution in [1.82, 2.24) is 0 Å². The van der Waals surface area contributed by atoms with Crippen LogP contribution >= 0.6 is 11.6 Å². The molecule has 0 aliphatic heterocycles. The lowest BCUT2D eigenvalue weighted by atomic mass is 10.2. The Labute approximate surface area is 83.0 Å². The van der Waals surface area contributed by atoms with Gasteiger partial charge in [0.25, 0.3) is 0 Å². The van der Waals surface area contributed by atoms with E-state index in [2.05, 4.69) is 16.6 Å². The molecular formula is C9H13ClO3. The lowest BCUT2D eigenvalue weighted by Gasteiger charge is -2.07. The van der Waals surface area contributed by atoms with E-state index in [1.165, 1.54) is 0 Å². The Morgan fingerprint density at radius 2 is 2.31 bits per heavy atom. The molecule has 0 saturated heterocycles. The summed E-state index contributed by atoms with van der Waals surface area (Å²) in [6, 6.07) is 0. The van der Waals surface area contributed by atoms with Crippen LogP contribution in [0.25, 0.3) is 0 Å². The van der Waals surface area contributed by atoms with Crippen molar-refractivity contribution in [2.75, 3.05) is 0 Å². The normalized spacial score (nSPS) is 11.3. The largest absolute Gasteiger partial charge is 0.424 e. The molecule has 0 radical (unpaired) electrons. The Balaban J connectivity index is 3.36. The molecule has 4 heteroatoms. The van der Waals surface area contributed by atoms with Crippen molar-refractivity contribution < 1.29 is 14.6 Å². The molecule has 0 amide bonds. The van der Waals surface area contributed by atoms with Gasteiger partial charge in [0.2, 0.25) is 6.29 Å². The maximum absolute atomic E-state index is 10.1. The molecule has 0 aliphatic carbocycles. The molecule has 3 nitrogen and oxygen atoms in total. The van der Waals surface area contributed by atoms with E-state index in [4.69, 9.17) is 16.7 Å². The quantitative estimate of drug-likeness (QED) is 0.331. The monoisotopic (exact) mass is 204 g/mol. The van der Waals surface area contributed by atoms with Gasteiger partial charge in [0.1, 0.15) is 0 Å². The lowest BCUT2D eigenvalue weighted by molar-refractivity contribution is -0.0476. The van der Waals surface area contributed by atoms with Crippen LogP contribution in [0, 0.1) is 11.8 Å². The number of unbranched alkanes of at least 4 members (excludes halogenated alkanes) is 1. The minimum atomic E-state index is -1.10. The molecule has 74 valence electrons. The van der Waals surface area contributed by atoms with E-state index in [0.717, 1.165) is 6.42 Å². The second-order valence-corrected chi connectivity index (χ2v) is 2.72. The van der Waals surface area contributed by atoms with Gasteiger partial charge >= 0.3 is 5.43 Å². The van der Waals surface area contributed by atoms with E-state index in [1.54, 1.807) is 0 Å². The molecule has 0 aliphatic rings. The maximum Gasteiger partial charge on any atom is 0.406 e. The van der Waals surface area contributed by atoms with Crippen molar-refractivity contribution in [2.45, 2.75) is 38.9 Å². The molecule has 0 aromatic rings. The summed E-state index contributed by atoms with van der Waals surface area (Å²) in [5, 5.41) is 9.00. The van der Waals surface area contributed by atoms with E-state index in [9.17, 15) is 4.79 Å². The standard InChI is InChI=1S/C9H13ClO3/c1-2-3-4-5-6-7-8(11)13-9(10)12/h8,11H,2,5-7H2,1H3. The number of carbonyl (C=O) groups excluding carboxylic acids is 1. The van der Waals surface area contributed by atoms with Crippen molar-refractivity contribution in [3.05, 3.63) is 0 Å². The predicted octanol–water partition coefficient (Wildman–Crippen LogP) is 2.26. The molecule has 0 aromatic heterocycles. The fraction of sp³-hybridized carbons (Fsp3) is 0.667. The van der Waals surface area contributed by atoms with Gasteiger partial charge in [-0.1, -0.05) is 6.92 Å². The average Bonchev–Trinajstić information content (AvgIpc) is 2.02. The van der Waals surface area contributed by atoms with Crippen molar-refractivity contribution >= 4 is 17.0 Å². The van der Waals surface area contributed by atoms with Gasteiger partial charge in [-0.25, -0.2) is 4.79 Å². The highest BCUT2D eigenvalue weighted by atomic mass is 35.5. The van der Waals surface area contributed by atoms with Crippen LogP contribution in [0.1, 0.15) is 32.6 Å². The van der Waals surface area contributed by atoms with Crippen molar-refractivity contribution in [2.24, 2.45) is 0 Å². The van der Waals surface area contributed by atoms with Crippen LogP contribution in [-0.4, -0.2) is 16.8 Å². The maximum atomic E-state index is 10.1. The molecule has 1 unspecified atom stereocenters. The Hall–Kier alpha value is -0.720. The molecular weight excluding hydrogens is 192 g/mol. The topological polar surface area (TPSA) is 46.5 Å². The first kappa shape index (κ1) is 12.3. The lowest BCUT2D eigenvalue weighted by Crippen LogP contribution is -2.12. The van der Waals surface area contributed by atoms with Gasteiger partial charge in [0.05, 0.1) is 0 Å². The Morgan fingerprint density at radius 3 is 2.85 bits per heavy atom. The average molecular weight is 205 g/mol.